The highest BCUT2D eigenvalue weighted by atomic mass is 16.3. The van der Waals surface area contributed by atoms with Gasteiger partial charge in [-0.05, 0) is 37.1 Å². The van der Waals surface area contributed by atoms with Gasteiger partial charge in [-0.15, -0.1) is 0 Å². The summed E-state index contributed by atoms with van der Waals surface area (Å²) in [6.45, 7) is 3.90. The molecule has 1 aliphatic heterocycles. The van der Waals surface area contributed by atoms with Gasteiger partial charge >= 0.3 is 0 Å². The molecule has 2 N–H and O–H groups in total. The first kappa shape index (κ1) is 14.4. The van der Waals surface area contributed by atoms with Crippen LogP contribution in [-0.4, -0.2) is 47.3 Å². The fourth-order valence-corrected chi connectivity index (χ4v) is 3.13. The largest absolute Gasteiger partial charge is 0.395 e. The number of para-hydroxylation sites is 1. The Kier molecular flexibility index (Phi) is 4.80. The van der Waals surface area contributed by atoms with Gasteiger partial charge in [0.25, 0.3) is 0 Å². The lowest BCUT2D eigenvalue weighted by Crippen LogP contribution is -2.38. The molecule has 1 unspecified atom stereocenters. The van der Waals surface area contributed by atoms with Crippen molar-refractivity contribution in [2.24, 2.45) is 0 Å². The number of aliphatic hydroxyl groups is 1. The molecule has 1 saturated heterocycles. The molecule has 112 valence electrons. The van der Waals surface area contributed by atoms with Crippen LogP contribution in [0.3, 0.4) is 0 Å². The molecule has 0 bridgehead atoms. The highest BCUT2D eigenvalue weighted by Gasteiger charge is 2.18. The summed E-state index contributed by atoms with van der Waals surface area (Å²) in [5, 5.41) is 14.1. The monoisotopic (exact) mass is 285 g/mol. The van der Waals surface area contributed by atoms with Gasteiger partial charge in [0.15, 0.2) is 0 Å². The molecule has 0 amide bonds. The smallest absolute Gasteiger partial charge is 0.0705 e. The number of aromatic nitrogens is 1. The van der Waals surface area contributed by atoms with Crippen LogP contribution in [0.2, 0.25) is 0 Å². The van der Waals surface area contributed by atoms with E-state index in [1.807, 2.05) is 18.3 Å². The zero-order chi connectivity index (χ0) is 14.5. The number of rotatable bonds is 6. The summed E-state index contributed by atoms with van der Waals surface area (Å²) in [5.74, 6) is 0. The van der Waals surface area contributed by atoms with E-state index in [0.717, 1.165) is 31.7 Å². The van der Waals surface area contributed by atoms with Crippen molar-refractivity contribution in [1.29, 1.82) is 0 Å². The average Bonchev–Trinajstić information content (AvgIpc) is 3.01. The summed E-state index contributed by atoms with van der Waals surface area (Å²) in [5.41, 5.74) is 2.32. The maximum Gasteiger partial charge on any atom is 0.0705 e. The topological polar surface area (TPSA) is 48.4 Å². The molecule has 1 aromatic carbocycles. The van der Waals surface area contributed by atoms with Crippen molar-refractivity contribution in [3.05, 3.63) is 42.1 Å². The lowest BCUT2D eigenvalue weighted by Gasteiger charge is -2.25. The van der Waals surface area contributed by atoms with Crippen molar-refractivity contribution < 1.29 is 5.11 Å². The molecule has 4 heteroatoms. The van der Waals surface area contributed by atoms with E-state index in [9.17, 15) is 5.11 Å². The van der Waals surface area contributed by atoms with Crippen LogP contribution in [0.25, 0.3) is 10.9 Å². The standard InChI is InChI=1S/C17H23N3O/c21-11-10-20(13-15-4-3-8-18-15)12-14-7-9-19-17-6-2-1-5-16(14)17/h1-2,5-7,9,15,18,21H,3-4,8,10-13H2. The number of pyridine rings is 1. The molecule has 0 aliphatic carbocycles. The van der Waals surface area contributed by atoms with Crippen LogP contribution < -0.4 is 5.32 Å². The third-order valence-electron chi connectivity index (χ3n) is 4.19. The number of aliphatic hydroxyl groups excluding tert-OH is 1. The molecule has 2 heterocycles. The molecule has 4 nitrogen and oxygen atoms in total. The Balaban J connectivity index is 1.76. The van der Waals surface area contributed by atoms with Crippen LogP contribution in [-0.2, 0) is 6.54 Å². The number of fused-ring (bicyclic) bond motifs is 1. The van der Waals surface area contributed by atoms with Gasteiger partial charge in [0, 0.05) is 37.3 Å². The second kappa shape index (κ2) is 6.98. The molecule has 21 heavy (non-hydrogen) atoms. The number of hydrogen-bond donors (Lipinski definition) is 2. The van der Waals surface area contributed by atoms with Crippen molar-refractivity contribution in [3.63, 3.8) is 0 Å². The summed E-state index contributed by atoms with van der Waals surface area (Å²) in [4.78, 5) is 6.76. The molecule has 0 saturated carbocycles. The Morgan fingerprint density at radius 3 is 3.00 bits per heavy atom. The van der Waals surface area contributed by atoms with Gasteiger partial charge in [-0.2, -0.15) is 0 Å². The van der Waals surface area contributed by atoms with E-state index in [-0.39, 0.29) is 6.61 Å². The molecule has 3 rings (SSSR count). The molecular formula is C17H23N3O. The van der Waals surface area contributed by atoms with E-state index in [4.69, 9.17) is 0 Å². The number of nitrogens with one attached hydrogen (secondary N) is 1. The first-order chi connectivity index (χ1) is 10.4. The Morgan fingerprint density at radius 2 is 2.19 bits per heavy atom. The first-order valence-corrected chi connectivity index (χ1v) is 7.76. The SMILES string of the molecule is OCCN(Cc1ccnc2ccccc12)CC1CCCN1. The summed E-state index contributed by atoms with van der Waals surface area (Å²) < 4.78 is 0. The Morgan fingerprint density at radius 1 is 1.29 bits per heavy atom. The first-order valence-electron chi connectivity index (χ1n) is 7.76. The Hall–Kier alpha value is -1.49. The molecule has 1 aromatic heterocycles. The minimum Gasteiger partial charge on any atom is -0.395 e. The molecule has 0 radical (unpaired) electrons. The van der Waals surface area contributed by atoms with Gasteiger partial charge in [-0.25, -0.2) is 0 Å². The van der Waals surface area contributed by atoms with Gasteiger partial charge in [-0.1, -0.05) is 18.2 Å². The van der Waals surface area contributed by atoms with Crippen molar-refractivity contribution in [1.82, 2.24) is 15.2 Å². The maximum atomic E-state index is 9.33. The normalized spacial score (nSPS) is 18.7. The number of nitrogens with zero attached hydrogens (tertiary/aromatic N) is 2. The van der Waals surface area contributed by atoms with E-state index in [2.05, 4.69) is 33.4 Å². The van der Waals surface area contributed by atoms with E-state index in [1.165, 1.54) is 23.8 Å². The highest BCUT2D eigenvalue weighted by Crippen LogP contribution is 2.18. The summed E-state index contributed by atoms with van der Waals surface area (Å²) in [6.07, 6.45) is 4.37. The summed E-state index contributed by atoms with van der Waals surface area (Å²) in [7, 11) is 0. The van der Waals surface area contributed by atoms with Crippen LogP contribution in [0.4, 0.5) is 0 Å². The minimum absolute atomic E-state index is 0.204. The fraction of sp³-hybridized carbons (Fsp3) is 0.471. The molecule has 0 spiro atoms. The second-order valence-electron chi connectivity index (χ2n) is 5.74. The van der Waals surface area contributed by atoms with Crippen molar-refractivity contribution >= 4 is 10.9 Å². The Bertz CT molecular complexity index is 576. The van der Waals surface area contributed by atoms with Crippen molar-refractivity contribution in [2.75, 3.05) is 26.2 Å². The van der Waals surface area contributed by atoms with Crippen LogP contribution >= 0.6 is 0 Å². The van der Waals surface area contributed by atoms with Gasteiger partial charge in [0.2, 0.25) is 0 Å². The van der Waals surface area contributed by atoms with Crippen LogP contribution in [0.5, 0.6) is 0 Å². The Labute approximate surface area is 125 Å². The number of benzene rings is 1. The molecular weight excluding hydrogens is 262 g/mol. The van der Waals surface area contributed by atoms with E-state index in [1.54, 1.807) is 0 Å². The van der Waals surface area contributed by atoms with E-state index >= 15 is 0 Å². The van der Waals surface area contributed by atoms with Crippen molar-refractivity contribution in [3.8, 4) is 0 Å². The lowest BCUT2D eigenvalue weighted by molar-refractivity contribution is 0.179. The number of hydrogen-bond acceptors (Lipinski definition) is 4. The molecule has 1 fully saturated rings. The molecule has 2 aromatic rings. The van der Waals surface area contributed by atoms with Crippen molar-refractivity contribution in [2.45, 2.75) is 25.4 Å². The quantitative estimate of drug-likeness (QED) is 0.849. The van der Waals surface area contributed by atoms with Gasteiger partial charge in [0.05, 0.1) is 12.1 Å². The van der Waals surface area contributed by atoms with Crippen LogP contribution in [0.15, 0.2) is 36.5 Å². The fourth-order valence-electron chi connectivity index (χ4n) is 3.13. The second-order valence-corrected chi connectivity index (χ2v) is 5.74. The summed E-state index contributed by atoms with van der Waals surface area (Å²) in [6, 6.07) is 10.9. The summed E-state index contributed by atoms with van der Waals surface area (Å²) >= 11 is 0. The van der Waals surface area contributed by atoms with Gasteiger partial charge in [0.1, 0.15) is 0 Å². The van der Waals surface area contributed by atoms with E-state index in [0.29, 0.717) is 6.04 Å². The van der Waals surface area contributed by atoms with Crippen LogP contribution in [0, 0.1) is 0 Å². The third kappa shape index (κ3) is 3.59. The predicted molar refractivity (Wildman–Crippen MR) is 85.1 cm³/mol. The zero-order valence-corrected chi connectivity index (χ0v) is 12.3. The average molecular weight is 285 g/mol. The molecule has 1 atom stereocenters. The third-order valence-corrected chi connectivity index (χ3v) is 4.19. The van der Waals surface area contributed by atoms with Crippen LogP contribution in [0.1, 0.15) is 18.4 Å². The predicted octanol–water partition coefficient (Wildman–Crippen LogP) is 1.78. The molecule has 1 aliphatic rings. The maximum absolute atomic E-state index is 9.33. The van der Waals surface area contributed by atoms with Gasteiger partial charge < -0.3 is 10.4 Å². The highest BCUT2D eigenvalue weighted by molar-refractivity contribution is 5.81. The van der Waals surface area contributed by atoms with E-state index < -0.39 is 0 Å². The zero-order valence-electron chi connectivity index (χ0n) is 12.3. The lowest BCUT2D eigenvalue weighted by atomic mass is 10.1. The minimum atomic E-state index is 0.204. The van der Waals surface area contributed by atoms with Gasteiger partial charge in [-0.3, -0.25) is 9.88 Å².